The quantitative estimate of drug-likeness (QED) is 0.597. The molecule has 0 atom stereocenters. The average molecular weight is 230 g/mol. The van der Waals surface area contributed by atoms with E-state index in [-0.39, 0.29) is 5.41 Å². The molecule has 0 bridgehead atoms. The third-order valence-electron chi connectivity index (χ3n) is 2.30. The van der Waals surface area contributed by atoms with Crippen molar-refractivity contribution in [2.75, 3.05) is 12.4 Å². The minimum absolute atomic E-state index is 0.118. The second-order valence-corrected chi connectivity index (χ2v) is 4.73. The minimum atomic E-state index is 0.118. The van der Waals surface area contributed by atoms with E-state index in [0.29, 0.717) is 5.88 Å². The van der Waals surface area contributed by atoms with Crippen molar-refractivity contribution in [2.45, 2.75) is 19.3 Å². The zero-order chi connectivity index (χ0) is 10.6. The molecule has 3 heteroatoms. The van der Waals surface area contributed by atoms with Crippen LogP contribution in [-0.4, -0.2) is 12.4 Å². The van der Waals surface area contributed by atoms with Crippen LogP contribution in [0.4, 0.5) is 0 Å². The SMILES string of the molecule is CC(C)(CNCS)c1ccc(Cl)cc1. The van der Waals surface area contributed by atoms with Crippen molar-refractivity contribution in [3.8, 4) is 0 Å². The summed E-state index contributed by atoms with van der Waals surface area (Å²) in [6.07, 6.45) is 0. The van der Waals surface area contributed by atoms with Crippen molar-refractivity contribution in [1.82, 2.24) is 5.32 Å². The number of thiol groups is 1. The first-order chi connectivity index (χ1) is 6.56. The number of hydrogen-bond donors (Lipinski definition) is 2. The number of rotatable bonds is 4. The van der Waals surface area contributed by atoms with E-state index in [1.807, 2.05) is 12.1 Å². The zero-order valence-electron chi connectivity index (χ0n) is 8.55. The fourth-order valence-corrected chi connectivity index (χ4v) is 1.61. The second kappa shape index (κ2) is 5.06. The Balaban J connectivity index is 2.75. The van der Waals surface area contributed by atoms with Crippen molar-refractivity contribution in [3.05, 3.63) is 34.9 Å². The lowest BCUT2D eigenvalue weighted by Gasteiger charge is -2.25. The third-order valence-corrected chi connectivity index (χ3v) is 2.78. The van der Waals surface area contributed by atoms with Crippen LogP contribution in [0.5, 0.6) is 0 Å². The molecule has 0 aliphatic carbocycles. The molecule has 0 radical (unpaired) electrons. The number of nitrogens with one attached hydrogen (secondary N) is 1. The minimum Gasteiger partial charge on any atom is -0.307 e. The number of benzene rings is 1. The van der Waals surface area contributed by atoms with Crippen molar-refractivity contribution in [1.29, 1.82) is 0 Å². The zero-order valence-corrected chi connectivity index (χ0v) is 10.2. The van der Waals surface area contributed by atoms with E-state index in [4.69, 9.17) is 11.6 Å². The van der Waals surface area contributed by atoms with E-state index in [9.17, 15) is 0 Å². The molecule has 0 aromatic heterocycles. The smallest absolute Gasteiger partial charge is 0.0406 e. The van der Waals surface area contributed by atoms with Crippen molar-refractivity contribution in [2.24, 2.45) is 0 Å². The highest BCUT2D eigenvalue weighted by Crippen LogP contribution is 2.23. The largest absolute Gasteiger partial charge is 0.307 e. The molecule has 1 N–H and O–H groups in total. The first-order valence-corrected chi connectivity index (χ1v) is 5.65. The lowest BCUT2D eigenvalue weighted by molar-refractivity contribution is 0.490. The predicted octanol–water partition coefficient (Wildman–Crippen LogP) is 3.09. The number of hydrogen-bond acceptors (Lipinski definition) is 2. The summed E-state index contributed by atoms with van der Waals surface area (Å²) < 4.78 is 0. The Bertz CT molecular complexity index is 282. The highest BCUT2D eigenvalue weighted by atomic mass is 35.5. The van der Waals surface area contributed by atoms with Gasteiger partial charge in [-0.2, -0.15) is 12.6 Å². The van der Waals surface area contributed by atoms with Gasteiger partial charge in [0.15, 0.2) is 0 Å². The lowest BCUT2D eigenvalue weighted by Crippen LogP contribution is -2.32. The van der Waals surface area contributed by atoms with Crippen LogP contribution in [0.15, 0.2) is 24.3 Å². The van der Waals surface area contributed by atoms with Crippen LogP contribution in [0, 0.1) is 0 Å². The van der Waals surface area contributed by atoms with Gasteiger partial charge in [0, 0.05) is 22.9 Å². The van der Waals surface area contributed by atoms with Crippen molar-refractivity contribution in [3.63, 3.8) is 0 Å². The van der Waals surface area contributed by atoms with Gasteiger partial charge >= 0.3 is 0 Å². The lowest BCUT2D eigenvalue weighted by atomic mass is 9.85. The Kier molecular flexibility index (Phi) is 4.30. The van der Waals surface area contributed by atoms with Crippen molar-refractivity contribution < 1.29 is 0 Å². The van der Waals surface area contributed by atoms with Gasteiger partial charge in [-0.1, -0.05) is 37.6 Å². The molecule has 0 saturated heterocycles. The Hall–Kier alpha value is -0.180. The average Bonchev–Trinajstić information content (AvgIpc) is 2.16. The predicted molar refractivity (Wildman–Crippen MR) is 66.3 cm³/mol. The molecule has 0 aliphatic heterocycles. The van der Waals surface area contributed by atoms with Crippen LogP contribution in [0.1, 0.15) is 19.4 Å². The monoisotopic (exact) mass is 229 g/mol. The van der Waals surface area contributed by atoms with Gasteiger partial charge in [0.1, 0.15) is 0 Å². The first kappa shape index (κ1) is 11.9. The Morgan fingerprint density at radius 3 is 2.36 bits per heavy atom. The standard InChI is InChI=1S/C11H16ClNS/c1-11(2,7-13-8-14)9-3-5-10(12)6-4-9/h3-6,13-14H,7-8H2,1-2H3. The van der Waals surface area contributed by atoms with Gasteiger partial charge in [0.2, 0.25) is 0 Å². The highest BCUT2D eigenvalue weighted by molar-refractivity contribution is 7.80. The van der Waals surface area contributed by atoms with E-state index in [0.717, 1.165) is 11.6 Å². The van der Waals surface area contributed by atoms with Gasteiger partial charge in [0.25, 0.3) is 0 Å². The molecule has 14 heavy (non-hydrogen) atoms. The fraction of sp³-hybridized carbons (Fsp3) is 0.455. The molecule has 0 amide bonds. The number of halogens is 1. The summed E-state index contributed by atoms with van der Waals surface area (Å²) in [6.45, 7) is 5.32. The van der Waals surface area contributed by atoms with Crippen molar-refractivity contribution >= 4 is 24.2 Å². The summed E-state index contributed by atoms with van der Waals surface area (Å²) in [5, 5.41) is 4.02. The third kappa shape index (κ3) is 3.19. The molecule has 0 spiro atoms. The van der Waals surface area contributed by atoms with Gasteiger partial charge < -0.3 is 5.32 Å². The molecule has 0 unspecified atom stereocenters. The van der Waals surface area contributed by atoms with Crippen LogP contribution in [-0.2, 0) is 5.41 Å². The van der Waals surface area contributed by atoms with E-state index in [1.54, 1.807) is 0 Å². The van der Waals surface area contributed by atoms with Crippen LogP contribution in [0.2, 0.25) is 5.02 Å². The first-order valence-electron chi connectivity index (χ1n) is 4.64. The van der Waals surface area contributed by atoms with Gasteiger partial charge in [-0.25, -0.2) is 0 Å². The van der Waals surface area contributed by atoms with E-state index in [2.05, 4.69) is 43.9 Å². The topological polar surface area (TPSA) is 12.0 Å². The summed E-state index contributed by atoms with van der Waals surface area (Å²) in [4.78, 5) is 0. The van der Waals surface area contributed by atoms with Gasteiger partial charge in [-0.15, -0.1) is 0 Å². The molecule has 78 valence electrons. The van der Waals surface area contributed by atoms with E-state index < -0.39 is 0 Å². The van der Waals surface area contributed by atoms with E-state index >= 15 is 0 Å². The summed E-state index contributed by atoms with van der Waals surface area (Å²) in [5.74, 6) is 0.705. The molecule has 1 nitrogen and oxygen atoms in total. The van der Waals surface area contributed by atoms with E-state index in [1.165, 1.54) is 5.56 Å². The highest BCUT2D eigenvalue weighted by Gasteiger charge is 2.19. The maximum atomic E-state index is 5.84. The second-order valence-electron chi connectivity index (χ2n) is 3.98. The molecule has 1 aromatic carbocycles. The summed E-state index contributed by atoms with van der Waals surface area (Å²) in [7, 11) is 0. The van der Waals surface area contributed by atoms with Crippen LogP contribution in [0.25, 0.3) is 0 Å². The molecule has 1 aromatic rings. The maximum absolute atomic E-state index is 5.84. The summed E-state index contributed by atoms with van der Waals surface area (Å²) >= 11 is 9.97. The molecular weight excluding hydrogens is 214 g/mol. The van der Waals surface area contributed by atoms with Gasteiger partial charge in [-0.05, 0) is 17.7 Å². The fourth-order valence-electron chi connectivity index (χ4n) is 1.37. The summed E-state index contributed by atoms with van der Waals surface area (Å²) in [6, 6.07) is 8.00. The molecular formula is C11H16ClNS. The molecule has 0 fully saturated rings. The normalized spacial score (nSPS) is 11.7. The van der Waals surface area contributed by atoms with Gasteiger partial charge in [-0.3, -0.25) is 0 Å². The molecule has 1 rings (SSSR count). The Morgan fingerprint density at radius 2 is 1.86 bits per heavy atom. The Morgan fingerprint density at radius 1 is 1.29 bits per heavy atom. The maximum Gasteiger partial charge on any atom is 0.0406 e. The molecule has 0 heterocycles. The van der Waals surface area contributed by atoms with Gasteiger partial charge in [0.05, 0.1) is 0 Å². The molecule has 0 saturated carbocycles. The Labute approximate surface area is 96.3 Å². The van der Waals surface area contributed by atoms with Crippen LogP contribution in [0.3, 0.4) is 0 Å². The molecule has 0 aliphatic rings. The van der Waals surface area contributed by atoms with Crippen LogP contribution < -0.4 is 5.32 Å². The van der Waals surface area contributed by atoms with Crippen LogP contribution >= 0.6 is 24.2 Å². The summed E-state index contributed by atoms with van der Waals surface area (Å²) in [5.41, 5.74) is 1.41.